The van der Waals surface area contributed by atoms with Crippen LogP contribution in [-0.4, -0.2) is 65.8 Å². The summed E-state index contributed by atoms with van der Waals surface area (Å²) in [5.74, 6) is 1.10. The predicted molar refractivity (Wildman–Crippen MR) is 140 cm³/mol. The van der Waals surface area contributed by atoms with Gasteiger partial charge in [-0.1, -0.05) is 35.9 Å². The number of hydrogen-bond donors (Lipinski definition) is 1. The molecule has 1 aromatic rings. The molecule has 1 atom stereocenters. The molecule has 0 saturated carbocycles. The average molecular weight is 477 g/mol. The summed E-state index contributed by atoms with van der Waals surface area (Å²) in [6.07, 6.45) is 10.3. The van der Waals surface area contributed by atoms with Gasteiger partial charge in [0, 0.05) is 68.4 Å². The number of allylic oxidation sites excluding steroid dienone is 3. The summed E-state index contributed by atoms with van der Waals surface area (Å²) in [5, 5.41) is 11.5. The summed E-state index contributed by atoms with van der Waals surface area (Å²) in [5.41, 5.74) is 4.41. The van der Waals surface area contributed by atoms with E-state index in [2.05, 4.69) is 20.4 Å². The van der Waals surface area contributed by atoms with E-state index < -0.39 is 6.17 Å². The molecule has 35 heavy (non-hydrogen) atoms. The van der Waals surface area contributed by atoms with Crippen LogP contribution >= 0.6 is 0 Å². The third-order valence-electron chi connectivity index (χ3n) is 6.24. The minimum Gasteiger partial charge on any atom is -0.360 e. The fraction of sp³-hybridized carbons (Fsp3) is 0.407. The Labute approximate surface area is 206 Å². The molecular weight excluding hydrogens is 443 g/mol. The van der Waals surface area contributed by atoms with Gasteiger partial charge in [-0.25, -0.2) is 4.39 Å². The van der Waals surface area contributed by atoms with Crippen LogP contribution in [0, 0.1) is 6.92 Å². The minimum absolute atomic E-state index is 0.0811. The maximum absolute atomic E-state index is 13.4. The quantitative estimate of drug-likeness (QED) is 0.625. The van der Waals surface area contributed by atoms with Crippen LogP contribution in [-0.2, 0) is 4.79 Å². The zero-order chi connectivity index (χ0) is 24.6. The molecule has 0 aromatic heterocycles. The third kappa shape index (κ3) is 6.97. The molecule has 0 bridgehead atoms. The van der Waals surface area contributed by atoms with Crippen molar-refractivity contribution >= 4 is 29.4 Å². The number of carbonyl (C=O) groups excluding carboxylic acids is 1. The van der Waals surface area contributed by atoms with Gasteiger partial charge in [-0.3, -0.25) is 9.79 Å². The summed E-state index contributed by atoms with van der Waals surface area (Å²) < 4.78 is 13.4. The Hall–Kier alpha value is -3.55. The van der Waals surface area contributed by atoms with Crippen molar-refractivity contribution in [1.29, 1.82) is 0 Å². The van der Waals surface area contributed by atoms with Gasteiger partial charge in [0.05, 0.1) is 12.1 Å². The average Bonchev–Trinajstić information content (AvgIpc) is 2.88. The molecule has 1 saturated heterocycles. The van der Waals surface area contributed by atoms with Crippen molar-refractivity contribution in [3.05, 3.63) is 65.5 Å². The number of amides is 1. The lowest BCUT2D eigenvalue weighted by molar-refractivity contribution is -0.131. The van der Waals surface area contributed by atoms with Gasteiger partial charge in [0.1, 0.15) is 12.0 Å². The topological polar surface area (TPSA) is 72.7 Å². The second-order valence-electron chi connectivity index (χ2n) is 9.05. The van der Waals surface area contributed by atoms with Crippen LogP contribution in [0.15, 0.2) is 69.6 Å². The Morgan fingerprint density at radius 3 is 2.66 bits per heavy atom. The molecule has 1 unspecified atom stereocenters. The Kier molecular flexibility index (Phi) is 8.23. The molecule has 1 aromatic carbocycles. The Morgan fingerprint density at radius 1 is 1.23 bits per heavy atom. The van der Waals surface area contributed by atoms with E-state index in [1.807, 2.05) is 61.5 Å². The molecule has 1 fully saturated rings. The molecule has 3 aliphatic rings. The molecule has 1 aliphatic carbocycles. The maximum atomic E-state index is 13.4. The van der Waals surface area contributed by atoms with Gasteiger partial charge < -0.3 is 15.1 Å². The van der Waals surface area contributed by atoms with Gasteiger partial charge in [-0.2, -0.15) is 5.10 Å². The number of rotatable bonds is 6. The lowest BCUT2D eigenvalue weighted by Gasteiger charge is -2.36. The molecule has 1 amide bonds. The number of amidine groups is 1. The zero-order valence-corrected chi connectivity index (χ0v) is 20.5. The largest absolute Gasteiger partial charge is 0.360 e. The second-order valence-corrected chi connectivity index (χ2v) is 9.05. The molecule has 0 radical (unpaired) electrons. The van der Waals surface area contributed by atoms with Crippen LogP contribution in [0.3, 0.4) is 0 Å². The number of nitrogens with zero attached hydrogens (tertiary/aromatic N) is 5. The molecule has 4 rings (SSSR count). The molecular formula is C27H33FN6O. The molecule has 2 aliphatic heterocycles. The number of halogens is 1. The summed E-state index contributed by atoms with van der Waals surface area (Å²) >= 11 is 0. The highest BCUT2D eigenvalue weighted by atomic mass is 19.1. The molecule has 7 nitrogen and oxygen atoms in total. The number of aryl methyl sites for hydroxylation is 1. The first-order valence-electron chi connectivity index (χ1n) is 12.2. The minimum atomic E-state index is -0.932. The van der Waals surface area contributed by atoms with Crippen molar-refractivity contribution in [2.75, 3.05) is 26.2 Å². The van der Waals surface area contributed by atoms with Crippen molar-refractivity contribution < 1.29 is 9.18 Å². The van der Waals surface area contributed by atoms with Crippen LogP contribution in [0.25, 0.3) is 5.70 Å². The first-order valence-corrected chi connectivity index (χ1v) is 12.2. The van der Waals surface area contributed by atoms with Gasteiger partial charge >= 0.3 is 0 Å². The Balaban J connectivity index is 1.40. The summed E-state index contributed by atoms with van der Waals surface area (Å²) in [6.45, 7) is 6.82. The monoisotopic (exact) mass is 476 g/mol. The summed E-state index contributed by atoms with van der Waals surface area (Å²) in [7, 11) is 0. The van der Waals surface area contributed by atoms with Crippen LogP contribution in [0.2, 0.25) is 0 Å². The lowest BCUT2D eigenvalue weighted by Crippen LogP contribution is -2.51. The van der Waals surface area contributed by atoms with Crippen molar-refractivity contribution in [2.24, 2.45) is 15.2 Å². The first-order chi connectivity index (χ1) is 17.0. The molecule has 184 valence electrons. The highest BCUT2D eigenvalue weighted by molar-refractivity contribution is 6.02. The first kappa shape index (κ1) is 24.6. The van der Waals surface area contributed by atoms with Crippen molar-refractivity contribution in [2.45, 2.75) is 45.7 Å². The van der Waals surface area contributed by atoms with E-state index in [0.717, 1.165) is 60.0 Å². The number of carbonyl (C=O) groups is 1. The van der Waals surface area contributed by atoms with Gasteiger partial charge in [-0.15, -0.1) is 5.10 Å². The van der Waals surface area contributed by atoms with Gasteiger partial charge in [0.15, 0.2) is 0 Å². The van der Waals surface area contributed by atoms with E-state index in [1.165, 1.54) is 0 Å². The lowest BCUT2D eigenvalue weighted by atomic mass is 10.1. The van der Waals surface area contributed by atoms with Crippen molar-refractivity contribution in [3.63, 3.8) is 0 Å². The smallest absolute Gasteiger partial charge is 0.228 e. The second kappa shape index (κ2) is 11.7. The van der Waals surface area contributed by atoms with E-state index in [1.54, 1.807) is 12.2 Å². The normalized spacial score (nSPS) is 21.1. The van der Waals surface area contributed by atoms with Gasteiger partial charge in [-0.05, 0) is 32.4 Å². The number of aliphatic imine (C=N–C) groups is 1. The van der Waals surface area contributed by atoms with Crippen molar-refractivity contribution in [3.8, 4) is 0 Å². The summed E-state index contributed by atoms with van der Waals surface area (Å²) in [4.78, 5) is 21.9. The van der Waals surface area contributed by atoms with Crippen molar-refractivity contribution in [1.82, 2.24) is 15.1 Å². The number of alkyl halides is 1. The Morgan fingerprint density at radius 2 is 2.00 bits per heavy atom. The maximum Gasteiger partial charge on any atom is 0.228 e. The SMILES string of the molecule is CC(CC(=O)N1CCN(C2=NN=CCC2)CC1)=N/C(=C\NC1=CCC(F)C=C1)c1ccc(C)cc1. The molecule has 2 heterocycles. The fourth-order valence-electron chi connectivity index (χ4n) is 4.18. The number of hydrogen-bond acceptors (Lipinski definition) is 6. The number of piperazine rings is 1. The van der Waals surface area contributed by atoms with Crippen LogP contribution in [0.1, 0.15) is 43.7 Å². The fourth-order valence-corrected chi connectivity index (χ4v) is 4.18. The highest BCUT2D eigenvalue weighted by Crippen LogP contribution is 2.19. The molecule has 1 N–H and O–H groups in total. The summed E-state index contributed by atoms with van der Waals surface area (Å²) in [6, 6.07) is 8.10. The standard InChI is InChI=1S/C27H33FN6O/c1-20-5-7-22(8-6-20)25(19-29-24-11-9-23(28)10-12-24)31-21(2)18-27(35)34-16-14-33(15-17-34)26-4-3-13-30-32-26/h5-9,11-13,19,23,29H,3-4,10,14-18H2,1-2H3/b25-19-,31-21?. The Bertz CT molecular complexity index is 1090. The van der Waals surface area contributed by atoms with E-state index in [0.29, 0.717) is 19.5 Å². The third-order valence-corrected chi connectivity index (χ3v) is 6.24. The van der Waals surface area contributed by atoms with E-state index in [-0.39, 0.29) is 12.3 Å². The van der Waals surface area contributed by atoms with Gasteiger partial charge in [0.2, 0.25) is 5.91 Å². The van der Waals surface area contributed by atoms with E-state index in [4.69, 9.17) is 4.99 Å². The number of nitrogens with one attached hydrogen (secondary N) is 1. The highest BCUT2D eigenvalue weighted by Gasteiger charge is 2.24. The number of benzene rings is 1. The molecule has 8 heteroatoms. The van der Waals surface area contributed by atoms with Crippen LogP contribution in [0.5, 0.6) is 0 Å². The van der Waals surface area contributed by atoms with Crippen LogP contribution in [0.4, 0.5) is 4.39 Å². The zero-order valence-electron chi connectivity index (χ0n) is 20.5. The van der Waals surface area contributed by atoms with E-state index >= 15 is 0 Å². The predicted octanol–water partition coefficient (Wildman–Crippen LogP) is 4.24. The van der Waals surface area contributed by atoms with Crippen LogP contribution < -0.4 is 5.32 Å². The van der Waals surface area contributed by atoms with E-state index in [9.17, 15) is 9.18 Å². The molecule has 0 spiro atoms. The van der Waals surface area contributed by atoms with Gasteiger partial charge in [0.25, 0.3) is 0 Å².